The molecule has 1 aliphatic rings. The van der Waals surface area contributed by atoms with E-state index in [0.29, 0.717) is 18.9 Å². The molecule has 1 saturated heterocycles. The molecule has 0 bridgehead atoms. The summed E-state index contributed by atoms with van der Waals surface area (Å²) in [6, 6.07) is 8.18. The summed E-state index contributed by atoms with van der Waals surface area (Å²) in [4.78, 5) is 14.0. The maximum atomic E-state index is 12.1. The molecule has 0 aromatic heterocycles. The van der Waals surface area contributed by atoms with Crippen molar-refractivity contribution in [1.29, 1.82) is 0 Å². The maximum Gasteiger partial charge on any atom is 0.222 e. The highest BCUT2D eigenvalue weighted by atomic mass is 16.3. The van der Waals surface area contributed by atoms with Gasteiger partial charge in [0.05, 0.1) is 6.10 Å². The summed E-state index contributed by atoms with van der Waals surface area (Å²) >= 11 is 0. The van der Waals surface area contributed by atoms with Crippen molar-refractivity contribution in [2.45, 2.75) is 39.2 Å². The standard InChI is InChI=1S/C16H23NO2/c1-12-5-3-4-6-14(12)7-8-16(19)17-10-9-13(2)15(18)11-17/h3-6,13,15,18H,7-11H2,1-2H3. The van der Waals surface area contributed by atoms with Gasteiger partial charge in [0.1, 0.15) is 0 Å². The maximum absolute atomic E-state index is 12.1. The van der Waals surface area contributed by atoms with Gasteiger partial charge < -0.3 is 10.0 Å². The molecular formula is C16H23NO2. The van der Waals surface area contributed by atoms with Crippen molar-refractivity contribution in [3.8, 4) is 0 Å². The first-order chi connectivity index (χ1) is 9.08. The number of likely N-dealkylation sites (tertiary alicyclic amines) is 1. The number of amides is 1. The minimum absolute atomic E-state index is 0.161. The van der Waals surface area contributed by atoms with E-state index in [9.17, 15) is 9.90 Å². The zero-order valence-electron chi connectivity index (χ0n) is 11.8. The average molecular weight is 261 g/mol. The number of nitrogens with zero attached hydrogens (tertiary/aromatic N) is 1. The van der Waals surface area contributed by atoms with Gasteiger partial charge in [0.2, 0.25) is 5.91 Å². The van der Waals surface area contributed by atoms with E-state index in [2.05, 4.69) is 19.1 Å². The SMILES string of the molecule is Cc1ccccc1CCC(=O)N1CCC(C)C(O)C1. The Morgan fingerprint density at radius 2 is 2.16 bits per heavy atom. The second-order valence-corrected chi connectivity index (χ2v) is 5.60. The minimum Gasteiger partial charge on any atom is -0.391 e. The lowest BCUT2D eigenvalue weighted by molar-refractivity contribution is -0.135. The molecule has 1 fully saturated rings. The van der Waals surface area contributed by atoms with Crippen molar-refractivity contribution in [1.82, 2.24) is 4.90 Å². The fraction of sp³-hybridized carbons (Fsp3) is 0.562. The summed E-state index contributed by atoms with van der Waals surface area (Å²) in [5.74, 6) is 0.467. The molecule has 1 aromatic carbocycles. The monoisotopic (exact) mass is 261 g/mol. The third kappa shape index (κ3) is 3.57. The third-order valence-corrected chi connectivity index (χ3v) is 4.14. The lowest BCUT2D eigenvalue weighted by Crippen LogP contribution is -2.45. The molecule has 0 radical (unpaired) electrons. The van der Waals surface area contributed by atoms with Gasteiger partial charge in [-0.15, -0.1) is 0 Å². The number of aliphatic hydroxyl groups excluding tert-OH is 1. The van der Waals surface area contributed by atoms with Crippen molar-refractivity contribution in [2.24, 2.45) is 5.92 Å². The van der Waals surface area contributed by atoms with Gasteiger partial charge in [-0.25, -0.2) is 0 Å². The first-order valence-corrected chi connectivity index (χ1v) is 7.08. The highest BCUT2D eigenvalue weighted by Crippen LogP contribution is 2.18. The predicted octanol–water partition coefficient (Wildman–Crippen LogP) is 2.16. The number of carbonyl (C=O) groups excluding carboxylic acids is 1. The molecule has 1 amide bonds. The fourth-order valence-electron chi connectivity index (χ4n) is 2.57. The molecular weight excluding hydrogens is 238 g/mol. The van der Waals surface area contributed by atoms with E-state index in [1.165, 1.54) is 11.1 Å². The van der Waals surface area contributed by atoms with Crippen molar-refractivity contribution < 1.29 is 9.90 Å². The molecule has 1 heterocycles. The number of carbonyl (C=O) groups is 1. The van der Waals surface area contributed by atoms with Gasteiger partial charge in [-0.1, -0.05) is 31.2 Å². The molecule has 0 spiro atoms. The Morgan fingerprint density at radius 1 is 1.42 bits per heavy atom. The van der Waals surface area contributed by atoms with Crippen molar-refractivity contribution in [2.75, 3.05) is 13.1 Å². The van der Waals surface area contributed by atoms with E-state index in [0.717, 1.165) is 19.4 Å². The first kappa shape index (κ1) is 14.1. The van der Waals surface area contributed by atoms with E-state index < -0.39 is 0 Å². The number of β-amino-alcohol motifs (C(OH)–C–C–N with tert-alkyl or cyclic N) is 1. The highest BCUT2D eigenvalue weighted by Gasteiger charge is 2.26. The number of piperidine rings is 1. The Bertz CT molecular complexity index is 444. The van der Waals surface area contributed by atoms with E-state index in [4.69, 9.17) is 0 Å². The molecule has 0 saturated carbocycles. The van der Waals surface area contributed by atoms with Crippen LogP contribution in [0.4, 0.5) is 0 Å². The van der Waals surface area contributed by atoms with Crippen LogP contribution in [0.15, 0.2) is 24.3 Å². The molecule has 3 nitrogen and oxygen atoms in total. The van der Waals surface area contributed by atoms with Crippen LogP contribution in [-0.2, 0) is 11.2 Å². The van der Waals surface area contributed by atoms with E-state index in [1.807, 2.05) is 24.0 Å². The summed E-state index contributed by atoms with van der Waals surface area (Å²) in [5.41, 5.74) is 2.48. The summed E-state index contributed by atoms with van der Waals surface area (Å²) in [6.45, 7) is 5.39. The Balaban J connectivity index is 1.87. The highest BCUT2D eigenvalue weighted by molar-refractivity contribution is 5.76. The molecule has 2 atom stereocenters. The fourth-order valence-corrected chi connectivity index (χ4v) is 2.57. The number of aryl methyl sites for hydroxylation is 2. The molecule has 2 rings (SSSR count). The Hall–Kier alpha value is -1.35. The molecule has 2 unspecified atom stereocenters. The summed E-state index contributed by atoms with van der Waals surface area (Å²) < 4.78 is 0. The van der Waals surface area contributed by atoms with E-state index in [-0.39, 0.29) is 12.0 Å². The van der Waals surface area contributed by atoms with Crippen LogP contribution in [0.2, 0.25) is 0 Å². The van der Waals surface area contributed by atoms with Gasteiger partial charge in [-0.2, -0.15) is 0 Å². The number of aliphatic hydroxyl groups is 1. The lowest BCUT2D eigenvalue weighted by atomic mass is 9.95. The lowest BCUT2D eigenvalue weighted by Gasteiger charge is -2.34. The predicted molar refractivity (Wildman–Crippen MR) is 75.9 cm³/mol. The van der Waals surface area contributed by atoms with Crippen molar-refractivity contribution in [3.63, 3.8) is 0 Å². The zero-order chi connectivity index (χ0) is 13.8. The van der Waals surface area contributed by atoms with Crippen LogP contribution in [0.5, 0.6) is 0 Å². The second kappa shape index (κ2) is 6.20. The zero-order valence-corrected chi connectivity index (χ0v) is 11.8. The Kier molecular flexibility index (Phi) is 4.59. The normalized spacial score (nSPS) is 23.4. The number of hydrogen-bond acceptors (Lipinski definition) is 2. The van der Waals surface area contributed by atoms with Gasteiger partial charge >= 0.3 is 0 Å². The summed E-state index contributed by atoms with van der Waals surface area (Å²) in [6.07, 6.45) is 1.85. The van der Waals surface area contributed by atoms with Gasteiger partial charge in [0, 0.05) is 19.5 Å². The van der Waals surface area contributed by atoms with E-state index >= 15 is 0 Å². The van der Waals surface area contributed by atoms with Crippen molar-refractivity contribution >= 4 is 5.91 Å². The van der Waals surface area contributed by atoms with Gasteiger partial charge in [-0.05, 0) is 36.8 Å². The number of hydrogen-bond donors (Lipinski definition) is 1. The van der Waals surface area contributed by atoms with Gasteiger partial charge in [0.25, 0.3) is 0 Å². The second-order valence-electron chi connectivity index (χ2n) is 5.60. The van der Waals surface area contributed by atoms with E-state index in [1.54, 1.807) is 0 Å². The molecule has 1 N–H and O–H groups in total. The van der Waals surface area contributed by atoms with Crippen LogP contribution in [0.25, 0.3) is 0 Å². The third-order valence-electron chi connectivity index (χ3n) is 4.14. The van der Waals surface area contributed by atoms with Gasteiger partial charge in [-0.3, -0.25) is 4.79 Å². The van der Waals surface area contributed by atoms with Crippen LogP contribution in [0.1, 0.15) is 30.9 Å². The number of rotatable bonds is 3. The summed E-state index contributed by atoms with van der Waals surface area (Å²) in [5, 5.41) is 9.83. The molecule has 19 heavy (non-hydrogen) atoms. The smallest absolute Gasteiger partial charge is 0.222 e. The van der Waals surface area contributed by atoms with Gasteiger partial charge in [0.15, 0.2) is 0 Å². The molecule has 3 heteroatoms. The first-order valence-electron chi connectivity index (χ1n) is 7.08. The quantitative estimate of drug-likeness (QED) is 0.905. The number of benzene rings is 1. The van der Waals surface area contributed by atoms with Crippen LogP contribution in [0.3, 0.4) is 0 Å². The Morgan fingerprint density at radius 3 is 2.84 bits per heavy atom. The topological polar surface area (TPSA) is 40.5 Å². The van der Waals surface area contributed by atoms with Crippen LogP contribution >= 0.6 is 0 Å². The molecule has 1 aromatic rings. The minimum atomic E-state index is -0.365. The van der Waals surface area contributed by atoms with Crippen molar-refractivity contribution in [3.05, 3.63) is 35.4 Å². The largest absolute Gasteiger partial charge is 0.391 e. The average Bonchev–Trinajstić information content (AvgIpc) is 2.40. The van der Waals surface area contributed by atoms with Crippen LogP contribution in [-0.4, -0.2) is 35.1 Å². The molecule has 1 aliphatic heterocycles. The van der Waals surface area contributed by atoms with Crippen LogP contribution < -0.4 is 0 Å². The molecule has 104 valence electrons. The Labute approximate surface area is 115 Å². The summed E-state index contributed by atoms with van der Waals surface area (Å²) in [7, 11) is 0. The molecule has 0 aliphatic carbocycles. The van der Waals surface area contributed by atoms with Crippen LogP contribution in [0, 0.1) is 12.8 Å².